The third-order valence-corrected chi connectivity index (χ3v) is 19.0. The minimum absolute atomic E-state index is 1.09. The van der Waals surface area contributed by atoms with Crippen LogP contribution >= 0.6 is 22.7 Å². The van der Waals surface area contributed by atoms with Crippen LogP contribution in [0.5, 0.6) is 0 Å². The summed E-state index contributed by atoms with van der Waals surface area (Å²) in [6.45, 7) is 0. The molecule has 14 aromatic carbocycles. The first-order chi connectivity index (χ1) is 41.7. The Morgan fingerprint density at radius 3 is 0.857 bits per heavy atom. The molecule has 0 spiro atoms. The van der Waals surface area contributed by atoms with Crippen molar-refractivity contribution in [1.82, 2.24) is 0 Å². The van der Waals surface area contributed by atoms with Gasteiger partial charge in [0.05, 0.1) is 11.4 Å². The lowest BCUT2D eigenvalue weighted by Gasteiger charge is -2.29. The zero-order valence-corrected chi connectivity index (χ0v) is 47.4. The Morgan fingerprint density at radius 2 is 0.500 bits per heavy atom. The Balaban J connectivity index is 0.895. The zero-order valence-electron chi connectivity index (χ0n) is 45.7. The summed E-state index contributed by atoms with van der Waals surface area (Å²) in [7, 11) is 0. The molecule has 4 heteroatoms. The van der Waals surface area contributed by atoms with Gasteiger partial charge in [-0.05, 0) is 127 Å². The number of benzene rings is 14. The topological polar surface area (TPSA) is 6.48 Å². The molecule has 0 bridgehead atoms. The van der Waals surface area contributed by atoms with Gasteiger partial charge in [-0.15, -0.1) is 22.7 Å². The molecule has 16 rings (SSSR count). The predicted octanol–water partition coefficient (Wildman–Crippen LogP) is 24.0. The fourth-order valence-corrected chi connectivity index (χ4v) is 15.2. The lowest BCUT2D eigenvalue weighted by Crippen LogP contribution is -2.11. The van der Waals surface area contributed by atoms with Crippen molar-refractivity contribution < 1.29 is 0 Å². The first-order valence-electron chi connectivity index (χ1n) is 28.6. The first kappa shape index (κ1) is 49.5. The van der Waals surface area contributed by atoms with E-state index in [2.05, 4.69) is 325 Å². The van der Waals surface area contributed by atoms with Gasteiger partial charge in [-0.25, -0.2) is 0 Å². The van der Waals surface area contributed by atoms with Crippen LogP contribution < -0.4 is 9.80 Å². The van der Waals surface area contributed by atoms with Crippen LogP contribution in [0.15, 0.2) is 315 Å². The molecule has 394 valence electrons. The molecule has 84 heavy (non-hydrogen) atoms. The van der Waals surface area contributed by atoms with Gasteiger partial charge in [0.25, 0.3) is 0 Å². The van der Waals surface area contributed by atoms with Gasteiger partial charge in [0.2, 0.25) is 0 Å². The van der Waals surface area contributed by atoms with Crippen LogP contribution in [0.4, 0.5) is 34.1 Å². The van der Waals surface area contributed by atoms with Crippen molar-refractivity contribution in [2.45, 2.75) is 0 Å². The van der Waals surface area contributed by atoms with E-state index in [4.69, 9.17) is 0 Å². The Kier molecular flexibility index (Phi) is 12.3. The Hall–Kier alpha value is -10.4. The van der Waals surface area contributed by atoms with Crippen molar-refractivity contribution >= 4 is 109 Å². The fraction of sp³-hybridized carbons (Fsp3) is 0. The highest BCUT2D eigenvalue weighted by molar-refractivity contribution is 7.23. The van der Waals surface area contributed by atoms with E-state index < -0.39 is 0 Å². The SMILES string of the molecule is c1ccc(-c2ccc(N(c3ccc4c(-c5ccccc5)c(-c5ccccc5)sc4c3)c3ccc4ccc5c(N(c6ccc(-c7ccccc7)cc6)c6ccc7c(-c8ccccc8)c(-c8ccccc8)sc7c6)ccc6ccc3c4c65)cc2)cc1. The van der Waals surface area contributed by atoms with E-state index in [1.54, 1.807) is 0 Å². The second-order valence-electron chi connectivity index (χ2n) is 21.5. The number of hydrogen-bond acceptors (Lipinski definition) is 4. The monoisotopic (exact) mass is 1100 g/mol. The molecule has 16 aromatic rings. The average Bonchev–Trinajstić information content (AvgIpc) is 1.34. The van der Waals surface area contributed by atoms with Gasteiger partial charge >= 0.3 is 0 Å². The molecule has 2 nitrogen and oxygen atoms in total. The molecule has 0 fully saturated rings. The summed E-state index contributed by atoms with van der Waals surface area (Å²) >= 11 is 3.75. The van der Waals surface area contributed by atoms with E-state index in [0.29, 0.717) is 0 Å². The van der Waals surface area contributed by atoms with E-state index in [-0.39, 0.29) is 0 Å². The standard InChI is InChI=1S/C80H52N2S2/c1-7-19-53(20-8-1)55-31-39-63(40-32-55)81(65-43-47-69-73(51-65)83-79(61-27-15-5-16-28-61)77(69)57-23-11-3-12-24-57)71-49-37-59-36-46-68-72(50-38-60-35-45-67(71)75(59)76(60)68)82(64-41-33-56(34-42-64)54-21-9-2-10-22-54)66-44-48-70-74(52-66)84-80(62-29-17-6-18-30-62)78(70)58-25-13-4-14-26-58/h1-52H. The molecule has 0 aliphatic rings. The predicted molar refractivity (Wildman–Crippen MR) is 363 cm³/mol. The Morgan fingerprint density at radius 1 is 0.214 bits per heavy atom. The summed E-state index contributed by atoms with van der Waals surface area (Å²) < 4.78 is 2.48. The smallest absolute Gasteiger partial charge is 0.0540 e. The average molecular weight is 1110 g/mol. The highest BCUT2D eigenvalue weighted by Crippen LogP contribution is 2.52. The molecule has 2 heterocycles. The molecule has 0 saturated heterocycles. The summed E-state index contributed by atoms with van der Waals surface area (Å²) in [4.78, 5) is 7.51. The molecule has 0 N–H and O–H groups in total. The largest absolute Gasteiger partial charge is 0.310 e. The van der Waals surface area contributed by atoms with E-state index in [1.807, 2.05) is 22.7 Å². The van der Waals surface area contributed by atoms with E-state index >= 15 is 0 Å². The Labute approximate surface area is 496 Å². The van der Waals surface area contributed by atoms with Crippen molar-refractivity contribution in [2.24, 2.45) is 0 Å². The van der Waals surface area contributed by atoms with Crippen LogP contribution in [0, 0.1) is 0 Å². The van der Waals surface area contributed by atoms with Crippen molar-refractivity contribution in [1.29, 1.82) is 0 Å². The van der Waals surface area contributed by atoms with Gasteiger partial charge < -0.3 is 9.80 Å². The Bertz CT molecular complexity index is 4700. The van der Waals surface area contributed by atoms with Crippen LogP contribution in [-0.2, 0) is 0 Å². The van der Waals surface area contributed by atoms with Crippen molar-refractivity contribution in [3.63, 3.8) is 0 Å². The molecule has 0 saturated carbocycles. The van der Waals surface area contributed by atoms with E-state index in [9.17, 15) is 0 Å². The van der Waals surface area contributed by atoms with Gasteiger partial charge in [0, 0.05) is 74.6 Å². The summed E-state index contributed by atoms with van der Waals surface area (Å²) in [5.41, 5.74) is 18.8. The van der Waals surface area contributed by atoms with Crippen LogP contribution in [0.1, 0.15) is 0 Å². The third kappa shape index (κ3) is 8.62. The van der Waals surface area contributed by atoms with Crippen molar-refractivity contribution in [3.05, 3.63) is 315 Å². The molecule has 2 aromatic heterocycles. The molecule has 0 unspecified atom stereocenters. The van der Waals surface area contributed by atoms with Gasteiger partial charge in [0.1, 0.15) is 0 Å². The first-order valence-corrected chi connectivity index (χ1v) is 30.3. The molecule has 0 amide bonds. The number of fused-ring (bicyclic) bond motifs is 2. The molecule has 0 atom stereocenters. The molecule has 0 aliphatic heterocycles. The van der Waals surface area contributed by atoms with Crippen LogP contribution in [0.2, 0.25) is 0 Å². The third-order valence-electron chi connectivity index (χ3n) is 16.6. The van der Waals surface area contributed by atoms with E-state index in [0.717, 1.165) is 34.1 Å². The number of rotatable bonds is 12. The summed E-state index contributed by atoms with van der Waals surface area (Å²) in [6.07, 6.45) is 0. The van der Waals surface area contributed by atoms with Gasteiger partial charge in [-0.2, -0.15) is 0 Å². The number of thiophene rings is 2. The van der Waals surface area contributed by atoms with Crippen molar-refractivity contribution in [2.75, 3.05) is 9.80 Å². The van der Waals surface area contributed by atoms with E-state index in [1.165, 1.54) is 118 Å². The summed E-state index contributed by atoms with van der Waals surface area (Å²) in [5, 5.41) is 9.80. The number of anilines is 6. The number of nitrogens with zero attached hydrogens (tertiary/aromatic N) is 2. The maximum Gasteiger partial charge on any atom is 0.0540 e. The quantitative estimate of drug-likeness (QED) is 0.113. The maximum absolute atomic E-state index is 2.48. The number of hydrogen-bond donors (Lipinski definition) is 0. The van der Waals surface area contributed by atoms with Gasteiger partial charge in [-0.3, -0.25) is 0 Å². The van der Waals surface area contributed by atoms with Crippen LogP contribution in [0.3, 0.4) is 0 Å². The molecular formula is C80H52N2S2. The lowest BCUT2D eigenvalue weighted by molar-refractivity contribution is 1.30. The minimum atomic E-state index is 1.09. The second-order valence-corrected chi connectivity index (χ2v) is 23.6. The lowest BCUT2D eigenvalue weighted by atomic mass is 9.91. The summed E-state index contributed by atoms with van der Waals surface area (Å²) in [6, 6.07) is 116. The fourth-order valence-electron chi connectivity index (χ4n) is 12.7. The second kappa shape index (κ2) is 20.9. The molecule has 0 radical (unpaired) electrons. The maximum atomic E-state index is 2.48. The van der Waals surface area contributed by atoms with Crippen molar-refractivity contribution in [3.8, 4) is 65.4 Å². The van der Waals surface area contributed by atoms with Gasteiger partial charge in [-0.1, -0.05) is 255 Å². The molecule has 0 aliphatic carbocycles. The minimum Gasteiger partial charge on any atom is -0.310 e. The highest BCUT2D eigenvalue weighted by atomic mass is 32.1. The summed E-state index contributed by atoms with van der Waals surface area (Å²) in [5.74, 6) is 0. The highest BCUT2D eigenvalue weighted by Gasteiger charge is 2.25. The van der Waals surface area contributed by atoms with Crippen LogP contribution in [-0.4, -0.2) is 0 Å². The van der Waals surface area contributed by atoms with Gasteiger partial charge in [0.15, 0.2) is 0 Å². The van der Waals surface area contributed by atoms with Crippen LogP contribution in [0.25, 0.3) is 118 Å². The normalized spacial score (nSPS) is 11.6. The molecular weight excluding hydrogens is 1050 g/mol. The zero-order chi connectivity index (χ0) is 55.5.